The van der Waals surface area contributed by atoms with Gasteiger partial charge in [0.15, 0.2) is 0 Å². The number of hydrogen-bond donors (Lipinski definition) is 1. The van der Waals surface area contributed by atoms with Crippen molar-refractivity contribution in [1.82, 2.24) is 0 Å². The van der Waals surface area contributed by atoms with Crippen molar-refractivity contribution in [2.75, 3.05) is 5.75 Å². The summed E-state index contributed by atoms with van der Waals surface area (Å²) in [5.74, 6) is -0.640. The molecule has 7 heteroatoms. The van der Waals surface area contributed by atoms with Crippen LogP contribution in [0.5, 0.6) is 0 Å². The van der Waals surface area contributed by atoms with E-state index in [0.717, 1.165) is 12.1 Å². The zero-order valence-electron chi connectivity index (χ0n) is 11.5. The molecular weight excluding hydrogens is 305 g/mol. The summed E-state index contributed by atoms with van der Waals surface area (Å²) in [5, 5.41) is 8.88. The number of rotatable bonds is 5. The van der Waals surface area contributed by atoms with Crippen molar-refractivity contribution in [3.63, 3.8) is 0 Å². The van der Waals surface area contributed by atoms with Crippen LogP contribution >= 0.6 is 11.8 Å². The summed E-state index contributed by atoms with van der Waals surface area (Å²) in [6.07, 6.45) is -4.53. The molecule has 0 saturated heterocycles. The molecule has 1 rings (SSSR count). The van der Waals surface area contributed by atoms with E-state index in [-0.39, 0.29) is 5.56 Å². The summed E-state index contributed by atoms with van der Waals surface area (Å²) < 4.78 is 38.2. The van der Waals surface area contributed by atoms with E-state index in [1.807, 2.05) is 0 Å². The second-order valence-electron chi connectivity index (χ2n) is 5.71. The van der Waals surface area contributed by atoms with Crippen LogP contribution in [0.2, 0.25) is 25.7 Å². The topological polar surface area (TPSA) is 37.3 Å². The van der Waals surface area contributed by atoms with Gasteiger partial charge in [-0.1, -0.05) is 19.6 Å². The molecule has 2 nitrogen and oxygen atoms in total. The van der Waals surface area contributed by atoms with Crippen molar-refractivity contribution < 1.29 is 23.1 Å². The Labute approximate surface area is 121 Å². The lowest BCUT2D eigenvalue weighted by Crippen LogP contribution is -2.19. The van der Waals surface area contributed by atoms with Crippen LogP contribution in [0.25, 0.3) is 0 Å². The number of alkyl halides is 3. The Kier molecular flexibility index (Phi) is 5.31. The molecule has 0 spiro atoms. The van der Waals surface area contributed by atoms with E-state index in [4.69, 9.17) is 5.11 Å². The number of carbonyl (C=O) groups is 1. The molecule has 1 N–H and O–H groups in total. The van der Waals surface area contributed by atoms with E-state index < -0.39 is 25.8 Å². The first-order chi connectivity index (χ1) is 8.99. The lowest BCUT2D eigenvalue weighted by molar-refractivity contribution is -0.137. The van der Waals surface area contributed by atoms with Crippen molar-refractivity contribution in [3.05, 3.63) is 29.3 Å². The standard InChI is InChI=1S/C13H17F3O2SSi/c1-20(2,3)5-4-19-11-7-9(12(17)18)6-10(8-11)13(14,15)16/h6-8H,4-5H2,1-3H3,(H,17,18). The van der Waals surface area contributed by atoms with Gasteiger partial charge in [0.1, 0.15) is 0 Å². The molecule has 0 atom stereocenters. The van der Waals surface area contributed by atoms with Gasteiger partial charge < -0.3 is 5.11 Å². The van der Waals surface area contributed by atoms with Crippen molar-refractivity contribution in [2.24, 2.45) is 0 Å². The minimum Gasteiger partial charge on any atom is -0.478 e. The van der Waals surface area contributed by atoms with Gasteiger partial charge in [-0.2, -0.15) is 13.2 Å². The number of aromatic carboxylic acids is 1. The maximum atomic E-state index is 12.7. The van der Waals surface area contributed by atoms with Crippen LogP contribution in [-0.4, -0.2) is 24.9 Å². The third-order valence-corrected chi connectivity index (χ3v) is 5.69. The lowest BCUT2D eigenvalue weighted by atomic mass is 10.1. The number of benzene rings is 1. The summed E-state index contributed by atoms with van der Waals surface area (Å²) in [5.41, 5.74) is -1.23. The molecule has 0 aliphatic heterocycles. The summed E-state index contributed by atoms with van der Waals surface area (Å²) in [7, 11) is -1.26. The van der Waals surface area contributed by atoms with Crippen molar-refractivity contribution >= 4 is 25.8 Å². The second-order valence-corrected chi connectivity index (χ2v) is 12.5. The molecule has 1 aromatic rings. The van der Waals surface area contributed by atoms with Gasteiger partial charge >= 0.3 is 12.1 Å². The molecule has 0 heterocycles. The molecule has 112 valence electrons. The molecule has 0 bridgehead atoms. The van der Waals surface area contributed by atoms with Gasteiger partial charge in [-0.25, -0.2) is 4.79 Å². The lowest BCUT2D eigenvalue weighted by Gasteiger charge is -2.15. The first-order valence-corrected chi connectivity index (χ1v) is 10.8. The van der Waals surface area contributed by atoms with Crippen molar-refractivity contribution in [2.45, 2.75) is 36.8 Å². The number of carboxylic acids is 1. The van der Waals surface area contributed by atoms with Gasteiger partial charge in [-0.15, -0.1) is 11.8 Å². The fourth-order valence-electron chi connectivity index (χ4n) is 1.44. The minimum absolute atomic E-state index is 0.324. The number of halogens is 3. The summed E-state index contributed by atoms with van der Waals surface area (Å²) >= 11 is 1.28. The van der Waals surface area contributed by atoms with Crippen LogP contribution < -0.4 is 0 Å². The molecule has 0 fully saturated rings. The summed E-state index contributed by atoms with van der Waals surface area (Å²) in [4.78, 5) is 11.3. The number of thioether (sulfide) groups is 1. The van der Waals surface area contributed by atoms with E-state index in [9.17, 15) is 18.0 Å². The van der Waals surface area contributed by atoms with Crippen LogP contribution in [0.15, 0.2) is 23.1 Å². The third kappa shape index (κ3) is 5.58. The molecule has 20 heavy (non-hydrogen) atoms. The maximum Gasteiger partial charge on any atom is 0.416 e. The highest BCUT2D eigenvalue weighted by molar-refractivity contribution is 7.99. The Morgan fingerprint density at radius 2 is 1.85 bits per heavy atom. The molecule has 0 unspecified atom stereocenters. The monoisotopic (exact) mass is 322 g/mol. The highest BCUT2D eigenvalue weighted by atomic mass is 32.2. The van der Waals surface area contributed by atoms with E-state index in [1.165, 1.54) is 17.8 Å². The zero-order valence-corrected chi connectivity index (χ0v) is 13.4. The normalized spacial score (nSPS) is 12.5. The fourth-order valence-corrected chi connectivity index (χ4v) is 4.96. The number of hydrogen-bond acceptors (Lipinski definition) is 2. The molecule has 0 aliphatic rings. The predicted molar refractivity (Wildman–Crippen MR) is 77.3 cm³/mol. The summed E-state index contributed by atoms with van der Waals surface area (Å²) in [6, 6.07) is 3.95. The molecule has 1 aromatic carbocycles. The minimum atomic E-state index is -4.53. The van der Waals surface area contributed by atoms with Crippen molar-refractivity contribution in [3.8, 4) is 0 Å². The average molecular weight is 322 g/mol. The number of carboxylic acid groups (broad SMARTS) is 1. The van der Waals surface area contributed by atoms with E-state index in [0.29, 0.717) is 16.7 Å². The van der Waals surface area contributed by atoms with Gasteiger partial charge in [0.2, 0.25) is 0 Å². The molecule has 0 amide bonds. The van der Waals surface area contributed by atoms with Crippen LogP contribution in [0, 0.1) is 0 Å². The van der Waals surface area contributed by atoms with Gasteiger partial charge in [-0.05, 0) is 30.0 Å². The molecule has 0 radical (unpaired) electrons. The van der Waals surface area contributed by atoms with Crippen LogP contribution in [-0.2, 0) is 6.18 Å². The van der Waals surface area contributed by atoms with Gasteiger partial charge in [-0.3, -0.25) is 0 Å². The SMILES string of the molecule is C[Si](C)(C)CCSc1cc(C(=O)O)cc(C(F)(F)F)c1. The summed E-state index contributed by atoms with van der Waals surface area (Å²) in [6.45, 7) is 6.55. The Morgan fingerprint density at radius 3 is 2.30 bits per heavy atom. The Bertz CT molecular complexity index is 495. The van der Waals surface area contributed by atoms with Crippen LogP contribution in [0.3, 0.4) is 0 Å². The molecule has 0 aliphatic carbocycles. The highest BCUT2D eigenvalue weighted by Crippen LogP contribution is 2.33. The van der Waals surface area contributed by atoms with Crippen molar-refractivity contribution in [1.29, 1.82) is 0 Å². The van der Waals surface area contributed by atoms with Gasteiger partial charge in [0, 0.05) is 13.0 Å². The largest absolute Gasteiger partial charge is 0.478 e. The maximum absolute atomic E-state index is 12.7. The smallest absolute Gasteiger partial charge is 0.416 e. The third-order valence-electron chi connectivity index (χ3n) is 2.60. The highest BCUT2D eigenvalue weighted by Gasteiger charge is 2.31. The van der Waals surface area contributed by atoms with Crippen LogP contribution in [0.1, 0.15) is 15.9 Å². The van der Waals surface area contributed by atoms with E-state index >= 15 is 0 Å². The zero-order chi connectivity index (χ0) is 15.6. The Balaban J connectivity index is 2.95. The molecule has 0 saturated carbocycles. The van der Waals surface area contributed by atoms with Crippen LogP contribution in [0.4, 0.5) is 13.2 Å². The fraction of sp³-hybridized carbons (Fsp3) is 0.462. The Hall–Kier alpha value is -0.953. The first-order valence-electron chi connectivity index (χ1n) is 6.07. The predicted octanol–water partition coefficient (Wildman–Crippen LogP) is 4.83. The van der Waals surface area contributed by atoms with Gasteiger partial charge in [0.25, 0.3) is 0 Å². The second kappa shape index (κ2) is 6.22. The first kappa shape index (κ1) is 17.1. The average Bonchev–Trinajstić information content (AvgIpc) is 2.25. The van der Waals surface area contributed by atoms with Gasteiger partial charge in [0.05, 0.1) is 11.1 Å². The molecular formula is C13H17F3O2SSi. The Morgan fingerprint density at radius 1 is 1.25 bits per heavy atom. The van der Waals surface area contributed by atoms with E-state index in [1.54, 1.807) is 0 Å². The molecule has 0 aromatic heterocycles. The quantitative estimate of drug-likeness (QED) is 0.623. The van der Waals surface area contributed by atoms with E-state index in [2.05, 4.69) is 19.6 Å².